The van der Waals surface area contributed by atoms with Crippen LogP contribution < -0.4 is 5.32 Å². The van der Waals surface area contributed by atoms with Crippen LogP contribution in [0.5, 0.6) is 0 Å². The highest BCUT2D eigenvalue weighted by atomic mass is 32.2. The molecule has 1 amide bonds. The van der Waals surface area contributed by atoms with E-state index in [1.54, 1.807) is 7.05 Å². The molecule has 0 unspecified atom stereocenters. The molecular formula is C17H33N5OS. The third-order valence-corrected chi connectivity index (χ3v) is 5.61. The Morgan fingerprint density at radius 3 is 2.54 bits per heavy atom. The zero-order chi connectivity index (χ0) is 17.7. The van der Waals surface area contributed by atoms with Crippen LogP contribution in [0.4, 0.5) is 0 Å². The van der Waals surface area contributed by atoms with Crippen LogP contribution in [0.15, 0.2) is 4.99 Å². The first-order chi connectivity index (χ1) is 11.3. The summed E-state index contributed by atoms with van der Waals surface area (Å²) in [6.45, 7) is 13.9. The number of carbonyl (C=O) groups is 1. The molecule has 2 aliphatic rings. The first-order valence-electron chi connectivity index (χ1n) is 8.93. The minimum absolute atomic E-state index is 0.178. The number of amides is 1. The number of piperazine rings is 1. The lowest BCUT2D eigenvalue weighted by Gasteiger charge is -2.49. The highest BCUT2D eigenvalue weighted by Crippen LogP contribution is 2.24. The maximum Gasteiger partial charge on any atom is 0.242 e. The van der Waals surface area contributed by atoms with Crippen molar-refractivity contribution in [2.75, 3.05) is 57.8 Å². The van der Waals surface area contributed by atoms with E-state index in [2.05, 4.69) is 47.8 Å². The molecule has 0 aromatic heterocycles. The monoisotopic (exact) mass is 355 g/mol. The van der Waals surface area contributed by atoms with Gasteiger partial charge in [-0.05, 0) is 27.7 Å². The number of nitrogens with zero attached hydrogens (tertiary/aromatic N) is 4. The van der Waals surface area contributed by atoms with Crippen LogP contribution in [0.1, 0.15) is 27.7 Å². The summed E-state index contributed by atoms with van der Waals surface area (Å²) in [4.78, 5) is 23.6. The van der Waals surface area contributed by atoms with Crippen LogP contribution in [-0.4, -0.2) is 96.0 Å². The lowest BCUT2D eigenvalue weighted by Crippen LogP contribution is -2.66. The van der Waals surface area contributed by atoms with Gasteiger partial charge >= 0.3 is 0 Å². The summed E-state index contributed by atoms with van der Waals surface area (Å²) in [5.74, 6) is 3.48. The van der Waals surface area contributed by atoms with E-state index < -0.39 is 0 Å². The van der Waals surface area contributed by atoms with Crippen molar-refractivity contribution < 1.29 is 4.79 Å². The molecule has 2 heterocycles. The first kappa shape index (κ1) is 19.4. The van der Waals surface area contributed by atoms with Crippen molar-refractivity contribution in [3.63, 3.8) is 0 Å². The summed E-state index contributed by atoms with van der Waals surface area (Å²) in [6, 6.07) is 0.224. The Morgan fingerprint density at radius 1 is 1.33 bits per heavy atom. The fourth-order valence-electron chi connectivity index (χ4n) is 3.80. The molecular weight excluding hydrogens is 322 g/mol. The Kier molecular flexibility index (Phi) is 6.80. The molecule has 0 radical (unpaired) electrons. The summed E-state index contributed by atoms with van der Waals surface area (Å²) in [6.07, 6.45) is 0. The van der Waals surface area contributed by atoms with Gasteiger partial charge in [-0.25, -0.2) is 0 Å². The Hall–Kier alpha value is -0.950. The van der Waals surface area contributed by atoms with Crippen LogP contribution in [0.2, 0.25) is 0 Å². The predicted molar refractivity (Wildman–Crippen MR) is 103 cm³/mol. The van der Waals surface area contributed by atoms with E-state index in [0.29, 0.717) is 6.54 Å². The van der Waals surface area contributed by atoms with Crippen molar-refractivity contribution in [2.24, 2.45) is 4.99 Å². The highest BCUT2D eigenvalue weighted by molar-refractivity contribution is 7.99. The molecule has 24 heavy (non-hydrogen) atoms. The second kappa shape index (κ2) is 8.43. The van der Waals surface area contributed by atoms with Gasteiger partial charge in [0.15, 0.2) is 5.96 Å². The SMILES string of the molecule is CN=C(NCCN1CCSCC1)N1CC(=O)N(C(C)C)C(C)(C)C1. The molecule has 2 saturated heterocycles. The predicted octanol–water partition coefficient (Wildman–Crippen LogP) is 0.942. The molecule has 7 heteroatoms. The van der Waals surface area contributed by atoms with Crippen molar-refractivity contribution in [3.8, 4) is 0 Å². The summed E-state index contributed by atoms with van der Waals surface area (Å²) in [5.41, 5.74) is -0.189. The van der Waals surface area contributed by atoms with Crippen molar-refractivity contribution >= 4 is 23.6 Å². The zero-order valence-corrected chi connectivity index (χ0v) is 16.7. The number of carbonyl (C=O) groups excluding carboxylic acids is 1. The maximum atomic E-state index is 12.6. The quantitative estimate of drug-likeness (QED) is 0.601. The lowest BCUT2D eigenvalue weighted by atomic mass is 9.96. The minimum atomic E-state index is -0.189. The van der Waals surface area contributed by atoms with Crippen LogP contribution in [0.3, 0.4) is 0 Å². The van der Waals surface area contributed by atoms with Crippen molar-refractivity contribution in [2.45, 2.75) is 39.3 Å². The summed E-state index contributed by atoms with van der Waals surface area (Å²) in [7, 11) is 1.80. The third kappa shape index (κ3) is 4.79. The maximum absolute atomic E-state index is 12.6. The van der Waals surface area contributed by atoms with E-state index in [1.165, 1.54) is 24.6 Å². The molecule has 2 fully saturated rings. The third-order valence-electron chi connectivity index (χ3n) is 4.67. The number of thioether (sulfide) groups is 1. The molecule has 0 saturated carbocycles. The van der Waals surface area contributed by atoms with Gasteiger partial charge in [-0.3, -0.25) is 14.7 Å². The van der Waals surface area contributed by atoms with E-state index in [1.807, 2.05) is 16.7 Å². The second-order valence-corrected chi connectivity index (χ2v) is 8.68. The Morgan fingerprint density at radius 2 is 2.00 bits per heavy atom. The molecule has 2 rings (SSSR count). The fourth-order valence-corrected chi connectivity index (χ4v) is 4.77. The Labute approximate surface area is 151 Å². The van der Waals surface area contributed by atoms with Gasteiger partial charge in [0.2, 0.25) is 5.91 Å². The topological polar surface area (TPSA) is 51.2 Å². The number of hydrogen-bond donors (Lipinski definition) is 1. The molecule has 1 N–H and O–H groups in total. The van der Waals surface area contributed by atoms with Crippen LogP contribution in [0, 0.1) is 0 Å². The molecule has 0 spiro atoms. The van der Waals surface area contributed by atoms with Gasteiger partial charge in [0, 0.05) is 57.3 Å². The molecule has 138 valence electrons. The summed E-state index contributed by atoms with van der Waals surface area (Å²) >= 11 is 2.03. The number of nitrogens with one attached hydrogen (secondary N) is 1. The molecule has 0 aromatic carbocycles. The number of aliphatic imine (C=N–C) groups is 1. The smallest absolute Gasteiger partial charge is 0.242 e. The normalized spacial score (nSPS) is 23.1. The Bertz CT molecular complexity index is 460. The van der Waals surface area contributed by atoms with Gasteiger partial charge in [0.05, 0.1) is 12.1 Å². The van der Waals surface area contributed by atoms with Crippen molar-refractivity contribution in [1.29, 1.82) is 0 Å². The van der Waals surface area contributed by atoms with Gasteiger partial charge in [-0.15, -0.1) is 0 Å². The lowest BCUT2D eigenvalue weighted by molar-refractivity contribution is -0.145. The highest BCUT2D eigenvalue weighted by Gasteiger charge is 2.40. The first-order valence-corrected chi connectivity index (χ1v) is 10.1. The number of rotatable bonds is 4. The average molecular weight is 356 g/mol. The van der Waals surface area contributed by atoms with E-state index >= 15 is 0 Å². The zero-order valence-electron chi connectivity index (χ0n) is 15.8. The van der Waals surface area contributed by atoms with Crippen molar-refractivity contribution in [1.82, 2.24) is 20.0 Å². The van der Waals surface area contributed by atoms with Gasteiger partial charge in [-0.1, -0.05) is 0 Å². The number of hydrogen-bond acceptors (Lipinski definition) is 4. The van der Waals surface area contributed by atoms with Crippen LogP contribution in [0.25, 0.3) is 0 Å². The second-order valence-electron chi connectivity index (χ2n) is 7.45. The van der Waals surface area contributed by atoms with Gasteiger partial charge < -0.3 is 15.1 Å². The molecule has 0 atom stereocenters. The van der Waals surface area contributed by atoms with E-state index in [9.17, 15) is 4.79 Å². The number of guanidine groups is 1. The minimum Gasteiger partial charge on any atom is -0.355 e. The molecule has 0 aliphatic carbocycles. The van der Waals surface area contributed by atoms with Gasteiger partial charge in [-0.2, -0.15) is 11.8 Å². The summed E-state index contributed by atoms with van der Waals surface area (Å²) < 4.78 is 0. The van der Waals surface area contributed by atoms with Gasteiger partial charge in [0.25, 0.3) is 0 Å². The molecule has 6 nitrogen and oxygen atoms in total. The van der Waals surface area contributed by atoms with E-state index in [4.69, 9.17) is 0 Å². The van der Waals surface area contributed by atoms with Crippen molar-refractivity contribution in [3.05, 3.63) is 0 Å². The average Bonchev–Trinajstić information content (AvgIpc) is 2.50. The molecule has 0 bridgehead atoms. The van der Waals surface area contributed by atoms with Crippen LogP contribution >= 0.6 is 11.8 Å². The molecule has 0 aromatic rings. The standard InChI is InChI=1S/C17H33N5OS/c1-14(2)22-15(23)12-21(13-17(22,3)4)16(18-5)19-6-7-20-8-10-24-11-9-20/h14H,6-13H2,1-5H3,(H,18,19). The Balaban J connectivity index is 1.90. The molecule has 2 aliphatic heterocycles. The van der Waals surface area contributed by atoms with E-state index in [0.717, 1.165) is 25.6 Å². The largest absolute Gasteiger partial charge is 0.355 e. The summed E-state index contributed by atoms with van der Waals surface area (Å²) in [5, 5.41) is 3.45. The van der Waals surface area contributed by atoms with Gasteiger partial charge in [0.1, 0.15) is 0 Å². The fraction of sp³-hybridized carbons (Fsp3) is 0.882. The van der Waals surface area contributed by atoms with Crippen LogP contribution in [-0.2, 0) is 4.79 Å². The van der Waals surface area contributed by atoms with E-state index in [-0.39, 0.29) is 17.5 Å².